The number of ether oxygens (including phenoxy) is 3. The highest BCUT2D eigenvalue weighted by atomic mass is 16.6. The summed E-state index contributed by atoms with van der Waals surface area (Å²) in [6.07, 6.45) is 32.9. The molecule has 0 bridgehead atoms. The van der Waals surface area contributed by atoms with E-state index in [0.29, 0.717) is 12.8 Å². The number of amides is 1. The highest BCUT2D eigenvalue weighted by molar-refractivity contribution is 5.85. The smallest absolute Gasteiger partial charge is 0.411 e. The van der Waals surface area contributed by atoms with Crippen molar-refractivity contribution in [2.75, 3.05) is 18.5 Å². The third kappa shape index (κ3) is 29.8. The van der Waals surface area contributed by atoms with Crippen molar-refractivity contribution in [1.29, 1.82) is 0 Å². The maximum absolute atomic E-state index is 12.7. The van der Waals surface area contributed by atoms with Crippen LogP contribution in [-0.2, 0) is 23.8 Å². The average molecular weight is 804 g/mol. The number of nitrogens with one attached hydrogen (secondary N) is 1. The fourth-order valence-corrected chi connectivity index (χ4v) is 6.45. The van der Waals surface area contributed by atoms with E-state index in [1.54, 1.807) is 0 Å². The first kappa shape index (κ1) is 51.0. The van der Waals surface area contributed by atoms with E-state index in [1.807, 2.05) is 0 Å². The van der Waals surface area contributed by atoms with Gasteiger partial charge in [-0.3, -0.25) is 35.1 Å². The van der Waals surface area contributed by atoms with E-state index >= 15 is 0 Å². The summed E-state index contributed by atoms with van der Waals surface area (Å²) in [5, 5.41) is 24.7. The molecule has 0 spiro atoms. The van der Waals surface area contributed by atoms with Crippen molar-refractivity contribution >= 4 is 35.1 Å². The Morgan fingerprint density at radius 3 is 1.39 bits per heavy atom. The molecule has 0 unspecified atom stereocenters. The summed E-state index contributed by atoms with van der Waals surface area (Å²) in [4.78, 5) is 58.6. The number of unbranched alkanes of at least 4 members (excludes halogenated alkanes) is 23. The molecule has 0 aliphatic rings. The Labute approximate surface area is 341 Å². The van der Waals surface area contributed by atoms with Crippen LogP contribution in [0.1, 0.15) is 194 Å². The van der Waals surface area contributed by atoms with E-state index in [4.69, 9.17) is 14.2 Å². The number of esters is 2. The number of hydrogen-bond acceptors (Lipinski definition) is 10. The van der Waals surface area contributed by atoms with Gasteiger partial charge in [0.25, 0.3) is 11.4 Å². The number of allylic oxidation sites excluding steroid dienone is 2. The van der Waals surface area contributed by atoms with E-state index in [1.165, 1.54) is 96.3 Å². The zero-order valence-electron chi connectivity index (χ0n) is 35.2. The molecule has 0 radical (unpaired) electrons. The van der Waals surface area contributed by atoms with E-state index in [-0.39, 0.29) is 25.1 Å². The second-order valence-electron chi connectivity index (χ2n) is 15.1. The molecule has 1 aromatic rings. The molecule has 0 saturated heterocycles. The zero-order chi connectivity index (χ0) is 41.8. The van der Waals surface area contributed by atoms with Crippen molar-refractivity contribution in [1.82, 2.24) is 0 Å². The fraction of sp³-hybridized carbons (Fsp3) is 0.750. The van der Waals surface area contributed by atoms with Crippen molar-refractivity contribution in [3.63, 3.8) is 0 Å². The summed E-state index contributed by atoms with van der Waals surface area (Å²) in [5.74, 6) is -0.951. The van der Waals surface area contributed by atoms with Crippen LogP contribution in [-0.4, -0.2) is 47.2 Å². The molecule has 1 amide bonds. The van der Waals surface area contributed by atoms with Gasteiger partial charge in [0.05, 0.1) is 21.6 Å². The molecule has 324 valence electrons. The predicted molar refractivity (Wildman–Crippen MR) is 225 cm³/mol. The quantitative estimate of drug-likeness (QED) is 0.0170. The number of nitro benzene ring substituents is 2. The van der Waals surface area contributed by atoms with Crippen LogP contribution in [0.2, 0.25) is 0 Å². The number of carbonyl (C=O) groups is 3. The molecule has 1 rings (SSSR count). The van der Waals surface area contributed by atoms with Gasteiger partial charge >= 0.3 is 18.0 Å². The van der Waals surface area contributed by atoms with Gasteiger partial charge in [0.2, 0.25) is 0 Å². The van der Waals surface area contributed by atoms with Crippen LogP contribution in [0.25, 0.3) is 0 Å². The number of nitrogens with zero attached hydrogens (tertiary/aromatic N) is 2. The number of hydrogen-bond donors (Lipinski definition) is 1. The number of anilines is 1. The van der Waals surface area contributed by atoms with Crippen molar-refractivity contribution < 1.29 is 38.4 Å². The molecule has 0 aliphatic heterocycles. The maximum atomic E-state index is 12.7. The van der Waals surface area contributed by atoms with Gasteiger partial charge in [0.1, 0.15) is 13.2 Å². The Bertz CT molecular complexity index is 1260. The van der Waals surface area contributed by atoms with Crippen LogP contribution in [0.5, 0.6) is 0 Å². The second kappa shape index (κ2) is 35.2. The largest absolute Gasteiger partial charge is 0.462 e. The minimum absolute atomic E-state index is 0.158. The molecule has 57 heavy (non-hydrogen) atoms. The van der Waals surface area contributed by atoms with Gasteiger partial charge in [0, 0.05) is 25.0 Å². The lowest BCUT2D eigenvalue weighted by Crippen LogP contribution is -2.31. The Kier molecular flexibility index (Phi) is 31.4. The first-order valence-electron chi connectivity index (χ1n) is 22.0. The Balaban J connectivity index is 2.47. The first-order valence-corrected chi connectivity index (χ1v) is 22.0. The molecular weight excluding hydrogens is 730 g/mol. The lowest BCUT2D eigenvalue weighted by atomic mass is 10.0. The van der Waals surface area contributed by atoms with Crippen molar-refractivity contribution in [2.24, 2.45) is 0 Å². The number of carbonyl (C=O) groups excluding carboxylic acids is 3. The number of nitro groups is 2. The minimum Gasteiger partial charge on any atom is -0.462 e. The van der Waals surface area contributed by atoms with Crippen LogP contribution < -0.4 is 5.32 Å². The average Bonchev–Trinajstić information content (AvgIpc) is 3.18. The Morgan fingerprint density at radius 2 is 0.947 bits per heavy atom. The van der Waals surface area contributed by atoms with E-state index in [9.17, 15) is 34.6 Å². The highest BCUT2D eigenvalue weighted by Crippen LogP contribution is 2.26. The van der Waals surface area contributed by atoms with Crippen molar-refractivity contribution in [3.05, 3.63) is 50.6 Å². The summed E-state index contributed by atoms with van der Waals surface area (Å²) < 4.78 is 16.1. The van der Waals surface area contributed by atoms with Gasteiger partial charge in [0.15, 0.2) is 6.10 Å². The summed E-state index contributed by atoms with van der Waals surface area (Å²) in [7, 11) is 0. The maximum Gasteiger partial charge on any atom is 0.411 e. The van der Waals surface area contributed by atoms with Crippen LogP contribution in [0, 0.1) is 20.2 Å². The van der Waals surface area contributed by atoms with Gasteiger partial charge in [-0.2, -0.15) is 0 Å². The Hall–Kier alpha value is -4.03. The van der Waals surface area contributed by atoms with Gasteiger partial charge in [-0.1, -0.05) is 154 Å². The molecular formula is C44H73N3O10. The highest BCUT2D eigenvalue weighted by Gasteiger charge is 2.21. The molecule has 1 aromatic carbocycles. The lowest BCUT2D eigenvalue weighted by molar-refractivity contribution is -0.394. The summed E-state index contributed by atoms with van der Waals surface area (Å²) in [6.45, 7) is 3.68. The van der Waals surface area contributed by atoms with Gasteiger partial charge < -0.3 is 14.2 Å². The molecule has 13 heteroatoms. The molecule has 0 heterocycles. The molecule has 1 atom stereocenters. The van der Waals surface area contributed by atoms with Gasteiger partial charge in [-0.25, -0.2) is 4.79 Å². The van der Waals surface area contributed by atoms with Gasteiger partial charge in [-0.15, -0.1) is 0 Å². The molecule has 0 saturated carbocycles. The fourth-order valence-electron chi connectivity index (χ4n) is 6.45. The van der Waals surface area contributed by atoms with Crippen molar-refractivity contribution in [2.45, 2.75) is 200 Å². The predicted octanol–water partition coefficient (Wildman–Crippen LogP) is 13.0. The normalized spacial score (nSPS) is 11.7. The lowest BCUT2D eigenvalue weighted by Gasteiger charge is -2.18. The van der Waals surface area contributed by atoms with E-state index in [2.05, 4.69) is 31.3 Å². The minimum atomic E-state index is -1.08. The van der Waals surface area contributed by atoms with E-state index in [0.717, 1.165) is 76.0 Å². The molecule has 1 N–H and O–H groups in total. The molecule has 0 aliphatic carbocycles. The second-order valence-corrected chi connectivity index (χ2v) is 15.1. The molecule has 0 fully saturated rings. The number of benzene rings is 1. The number of rotatable bonds is 37. The summed E-state index contributed by atoms with van der Waals surface area (Å²) in [6, 6.07) is 2.68. The van der Waals surface area contributed by atoms with Crippen LogP contribution in [0.4, 0.5) is 21.9 Å². The molecule has 13 nitrogen and oxygen atoms in total. The topological polar surface area (TPSA) is 177 Å². The third-order valence-electron chi connectivity index (χ3n) is 9.83. The zero-order valence-corrected chi connectivity index (χ0v) is 35.2. The standard InChI is InChI=1S/C44H73N3O10/c1-3-5-7-9-11-13-15-17-18-20-22-24-26-28-30-32-43(49)57-41(37-56-44(50)45-38-33-39(46(51)52)35-40(34-38)47(53)54)36-55-42(48)31-29-27-25-23-21-19-16-14-12-10-8-6-4-2/h17-18,33-35,41H,3-16,19-32,36-37H2,1-2H3,(H,45,50)/b18-17-/t41-/m1/s1. The van der Waals surface area contributed by atoms with Gasteiger partial charge in [-0.05, 0) is 38.5 Å². The van der Waals surface area contributed by atoms with Crippen LogP contribution in [0.3, 0.4) is 0 Å². The van der Waals surface area contributed by atoms with E-state index < -0.39 is 52.0 Å². The van der Waals surface area contributed by atoms with Crippen molar-refractivity contribution in [3.8, 4) is 0 Å². The monoisotopic (exact) mass is 804 g/mol. The number of non-ortho nitro benzene ring substituents is 2. The first-order chi connectivity index (χ1) is 27.7. The van der Waals surface area contributed by atoms with Crippen LogP contribution in [0.15, 0.2) is 30.4 Å². The Morgan fingerprint density at radius 1 is 0.561 bits per heavy atom. The SMILES string of the molecule is CCCCCCCC/C=C\CCCCCCCC(=O)O[C@H](COC(=O)CCCCCCCCCCCCCCC)COC(=O)Nc1cc([N+](=O)[O-])cc([N+](=O)[O-])c1. The molecule has 0 aromatic heterocycles. The summed E-state index contributed by atoms with van der Waals surface area (Å²) >= 11 is 0. The van der Waals surface area contributed by atoms with Crippen LogP contribution >= 0.6 is 0 Å². The third-order valence-corrected chi connectivity index (χ3v) is 9.83. The summed E-state index contributed by atoms with van der Waals surface area (Å²) in [5.41, 5.74) is -1.39.